The third-order valence-electron chi connectivity index (χ3n) is 6.45. The Kier molecular flexibility index (Phi) is 4.16. The maximum atomic E-state index is 4.34. The van der Waals surface area contributed by atoms with Crippen molar-refractivity contribution in [2.45, 2.75) is 38.5 Å². The molecule has 0 aliphatic heterocycles. The molecule has 3 aromatic rings. The first-order valence-corrected chi connectivity index (χ1v) is 10.0. The average molecular weight is 355 g/mol. The van der Waals surface area contributed by atoms with Crippen LogP contribution in [0, 0.1) is 18.8 Å². The van der Waals surface area contributed by atoms with E-state index in [-0.39, 0.29) is 0 Å². The minimum atomic E-state index is 0.768. The largest absolute Gasteiger partial charge is 0.309 e. The molecule has 1 aromatic carbocycles. The molecule has 2 saturated carbocycles. The molecule has 3 unspecified atom stereocenters. The van der Waals surface area contributed by atoms with Crippen molar-refractivity contribution in [2.24, 2.45) is 11.8 Å². The molecule has 27 heavy (non-hydrogen) atoms. The molecule has 2 aliphatic rings. The van der Waals surface area contributed by atoms with Crippen LogP contribution in [0.15, 0.2) is 67.3 Å². The number of fused-ring (bicyclic) bond motifs is 2. The Labute approximate surface area is 161 Å². The predicted octanol–water partition coefficient (Wildman–Crippen LogP) is 6.16. The normalized spacial score (nSPS) is 23.5. The van der Waals surface area contributed by atoms with Gasteiger partial charge in [-0.05, 0) is 85.4 Å². The summed E-state index contributed by atoms with van der Waals surface area (Å²) < 4.78 is 0. The summed E-state index contributed by atoms with van der Waals surface area (Å²) >= 11 is 0. The SMILES string of the molecule is Cc1cc(C2CC3CCC2C3)ccc1N(c1ccncc1)c1cccnc1. The molecule has 5 rings (SSSR count). The minimum Gasteiger partial charge on any atom is -0.309 e. The standard InChI is InChI=1S/C24H25N3/c1-17-13-19(23-15-18-4-5-20(23)14-18)6-7-24(17)27(21-8-11-25-12-9-21)22-3-2-10-26-16-22/h2-3,6-13,16,18,20,23H,4-5,14-15H2,1H3. The van der Waals surface area contributed by atoms with Gasteiger partial charge >= 0.3 is 0 Å². The molecule has 2 aliphatic carbocycles. The second kappa shape index (κ2) is 6.80. The van der Waals surface area contributed by atoms with Crippen LogP contribution in [0.3, 0.4) is 0 Å². The van der Waals surface area contributed by atoms with E-state index in [0.717, 1.165) is 29.1 Å². The van der Waals surface area contributed by atoms with E-state index in [2.05, 4.69) is 58.2 Å². The lowest BCUT2D eigenvalue weighted by molar-refractivity contribution is 0.420. The summed E-state index contributed by atoms with van der Waals surface area (Å²) in [5.41, 5.74) is 6.23. The van der Waals surface area contributed by atoms with Crippen molar-refractivity contribution in [3.05, 3.63) is 78.4 Å². The van der Waals surface area contributed by atoms with Gasteiger partial charge in [0.25, 0.3) is 0 Å². The molecule has 2 fully saturated rings. The van der Waals surface area contributed by atoms with E-state index in [1.54, 1.807) is 0 Å². The van der Waals surface area contributed by atoms with E-state index in [1.165, 1.54) is 42.5 Å². The summed E-state index contributed by atoms with van der Waals surface area (Å²) in [5, 5.41) is 0. The van der Waals surface area contributed by atoms with Gasteiger partial charge in [-0.1, -0.05) is 18.6 Å². The molecular formula is C24H25N3. The number of hydrogen-bond donors (Lipinski definition) is 0. The molecule has 0 amide bonds. The van der Waals surface area contributed by atoms with E-state index in [0.29, 0.717) is 0 Å². The van der Waals surface area contributed by atoms with Crippen molar-refractivity contribution in [3.63, 3.8) is 0 Å². The van der Waals surface area contributed by atoms with Gasteiger partial charge < -0.3 is 4.90 Å². The fraction of sp³-hybridized carbons (Fsp3) is 0.333. The Morgan fingerprint density at radius 3 is 2.44 bits per heavy atom. The van der Waals surface area contributed by atoms with Crippen LogP contribution in [-0.2, 0) is 0 Å². The van der Waals surface area contributed by atoms with Gasteiger partial charge in [0.05, 0.1) is 11.9 Å². The Balaban J connectivity index is 1.54. The Bertz CT molecular complexity index is 883. The molecule has 2 bridgehead atoms. The monoisotopic (exact) mass is 355 g/mol. The molecule has 3 heteroatoms. The highest BCUT2D eigenvalue weighted by Crippen LogP contribution is 2.53. The molecule has 2 heterocycles. The van der Waals surface area contributed by atoms with Gasteiger partial charge in [-0.3, -0.25) is 9.97 Å². The van der Waals surface area contributed by atoms with E-state index >= 15 is 0 Å². The van der Waals surface area contributed by atoms with Gasteiger partial charge in [-0.25, -0.2) is 0 Å². The second-order valence-electron chi connectivity index (χ2n) is 8.08. The first kappa shape index (κ1) is 16.5. The second-order valence-corrected chi connectivity index (χ2v) is 8.08. The third-order valence-corrected chi connectivity index (χ3v) is 6.45. The first-order valence-electron chi connectivity index (χ1n) is 10.0. The lowest BCUT2D eigenvalue weighted by Gasteiger charge is -2.28. The molecule has 0 saturated heterocycles. The number of pyridine rings is 2. The van der Waals surface area contributed by atoms with E-state index in [1.807, 2.05) is 30.9 Å². The molecule has 3 nitrogen and oxygen atoms in total. The van der Waals surface area contributed by atoms with E-state index in [4.69, 9.17) is 0 Å². The van der Waals surface area contributed by atoms with Crippen molar-refractivity contribution < 1.29 is 0 Å². The molecular weight excluding hydrogens is 330 g/mol. The van der Waals surface area contributed by atoms with Crippen molar-refractivity contribution in [1.29, 1.82) is 0 Å². The molecule has 0 radical (unpaired) electrons. The highest BCUT2D eigenvalue weighted by Gasteiger charge is 2.40. The zero-order valence-electron chi connectivity index (χ0n) is 15.8. The van der Waals surface area contributed by atoms with Crippen LogP contribution < -0.4 is 4.90 Å². The highest BCUT2D eigenvalue weighted by molar-refractivity contribution is 5.77. The first-order chi connectivity index (χ1) is 13.3. The Morgan fingerprint density at radius 1 is 0.889 bits per heavy atom. The average Bonchev–Trinajstić information content (AvgIpc) is 3.35. The fourth-order valence-corrected chi connectivity index (χ4v) is 5.22. The van der Waals surface area contributed by atoms with Crippen LogP contribution in [0.5, 0.6) is 0 Å². The molecule has 0 N–H and O–H groups in total. The van der Waals surface area contributed by atoms with Gasteiger partial charge in [0.2, 0.25) is 0 Å². The minimum absolute atomic E-state index is 0.768. The molecule has 3 atom stereocenters. The summed E-state index contributed by atoms with van der Waals surface area (Å²) in [7, 11) is 0. The van der Waals surface area contributed by atoms with Crippen LogP contribution >= 0.6 is 0 Å². The number of anilines is 3. The van der Waals surface area contributed by atoms with Gasteiger partial charge in [-0.2, -0.15) is 0 Å². The van der Waals surface area contributed by atoms with E-state index in [9.17, 15) is 0 Å². The predicted molar refractivity (Wildman–Crippen MR) is 110 cm³/mol. The number of aryl methyl sites for hydroxylation is 1. The maximum Gasteiger partial charge on any atom is 0.0645 e. The van der Waals surface area contributed by atoms with Gasteiger partial charge in [0, 0.05) is 30.0 Å². The molecule has 0 spiro atoms. The Hall–Kier alpha value is -2.68. The summed E-state index contributed by atoms with van der Waals surface area (Å²) in [6.07, 6.45) is 13.1. The number of aromatic nitrogens is 2. The number of benzene rings is 1. The topological polar surface area (TPSA) is 29.0 Å². The van der Waals surface area contributed by atoms with Crippen molar-refractivity contribution in [3.8, 4) is 0 Å². The zero-order valence-corrected chi connectivity index (χ0v) is 15.8. The molecule has 136 valence electrons. The smallest absolute Gasteiger partial charge is 0.0645 e. The zero-order chi connectivity index (χ0) is 18.2. The van der Waals surface area contributed by atoms with Crippen LogP contribution in [-0.4, -0.2) is 9.97 Å². The quantitative estimate of drug-likeness (QED) is 0.561. The fourth-order valence-electron chi connectivity index (χ4n) is 5.22. The van der Waals surface area contributed by atoms with E-state index < -0.39 is 0 Å². The third kappa shape index (κ3) is 3.01. The molecule has 2 aromatic heterocycles. The van der Waals surface area contributed by atoms with Crippen LogP contribution in [0.25, 0.3) is 0 Å². The van der Waals surface area contributed by atoms with Gasteiger partial charge in [-0.15, -0.1) is 0 Å². The van der Waals surface area contributed by atoms with Gasteiger partial charge in [0.1, 0.15) is 0 Å². The van der Waals surface area contributed by atoms with Crippen LogP contribution in [0.1, 0.15) is 42.7 Å². The van der Waals surface area contributed by atoms with Crippen LogP contribution in [0.2, 0.25) is 0 Å². The lowest BCUT2D eigenvalue weighted by Crippen LogP contribution is -2.13. The number of rotatable bonds is 4. The van der Waals surface area contributed by atoms with Gasteiger partial charge in [0.15, 0.2) is 0 Å². The summed E-state index contributed by atoms with van der Waals surface area (Å²) in [5.74, 6) is 2.66. The Morgan fingerprint density at radius 2 is 1.78 bits per heavy atom. The van der Waals surface area contributed by atoms with Crippen molar-refractivity contribution in [2.75, 3.05) is 4.90 Å². The maximum absolute atomic E-state index is 4.34. The number of hydrogen-bond acceptors (Lipinski definition) is 3. The number of nitrogens with zero attached hydrogens (tertiary/aromatic N) is 3. The van der Waals surface area contributed by atoms with Crippen molar-refractivity contribution >= 4 is 17.1 Å². The summed E-state index contributed by atoms with van der Waals surface area (Å²) in [4.78, 5) is 10.8. The lowest BCUT2D eigenvalue weighted by atomic mass is 9.83. The highest BCUT2D eigenvalue weighted by atomic mass is 15.1. The van der Waals surface area contributed by atoms with Crippen molar-refractivity contribution in [1.82, 2.24) is 9.97 Å². The summed E-state index contributed by atoms with van der Waals surface area (Å²) in [6, 6.07) is 15.3. The summed E-state index contributed by atoms with van der Waals surface area (Å²) in [6.45, 7) is 2.23. The van der Waals surface area contributed by atoms with Crippen LogP contribution in [0.4, 0.5) is 17.1 Å².